The van der Waals surface area contributed by atoms with Crippen LogP contribution in [0.25, 0.3) is 10.8 Å². The van der Waals surface area contributed by atoms with Crippen LogP contribution < -0.4 is 0 Å². The summed E-state index contributed by atoms with van der Waals surface area (Å²) in [6.45, 7) is 0. The molecule has 2 aromatic carbocycles. The van der Waals surface area contributed by atoms with Crippen molar-refractivity contribution < 1.29 is 0 Å². The van der Waals surface area contributed by atoms with Crippen molar-refractivity contribution >= 4 is 10.8 Å². The van der Waals surface area contributed by atoms with Crippen molar-refractivity contribution in [3.05, 3.63) is 53.9 Å². The van der Waals surface area contributed by atoms with Gasteiger partial charge in [-0.15, -0.1) is 0 Å². The highest BCUT2D eigenvalue weighted by molar-refractivity contribution is 5.83. The fourth-order valence-electron chi connectivity index (χ4n) is 2.50. The van der Waals surface area contributed by atoms with Crippen molar-refractivity contribution in [2.45, 2.75) is 25.7 Å². The van der Waals surface area contributed by atoms with E-state index in [0.717, 1.165) is 0 Å². The molecule has 1 saturated carbocycles. The number of hydrogen-bond acceptors (Lipinski definition) is 0. The first kappa shape index (κ1) is 8.96. The van der Waals surface area contributed by atoms with Crippen LogP contribution in [-0.4, -0.2) is 0 Å². The van der Waals surface area contributed by atoms with Crippen molar-refractivity contribution in [2.24, 2.45) is 0 Å². The lowest BCUT2D eigenvalue weighted by atomic mass is 9.95. The molecule has 0 N–H and O–H groups in total. The third kappa shape index (κ3) is 1.65. The van der Waals surface area contributed by atoms with E-state index < -0.39 is 0 Å². The van der Waals surface area contributed by atoms with Gasteiger partial charge in [0.2, 0.25) is 0 Å². The Balaban J connectivity index is 2.05. The lowest BCUT2D eigenvalue weighted by molar-refractivity contribution is 0.886. The molecule has 0 heterocycles. The Hall–Kier alpha value is -1.30. The number of benzene rings is 2. The molecule has 0 aliphatic heterocycles. The van der Waals surface area contributed by atoms with E-state index in [1.165, 1.54) is 42.0 Å². The zero-order valence-electron chi connectivity index (χ0n) is 8.87. The molecule has 2 aromatic rings. The Morgan fingerprint density at radius 3 is 2.27 bits per heavy atom. The third-order valence-electron chi connectivity index (χ3n) is 3.36. The van der Waals surface area contributed by atoms with Crippen molar-refractivity contribution in [3.63, 3.8) is 0 Å². The van der Waals surface area contributed by atoms with Crippen LogP contribution in [0.1, 0.15) is 31.2 Å². The molecule has 0 atom stereocenters. The zero-order valence-corrected chi connectivity index (χ0v) is 8.87. The summed E-state index contributed by atoms with van der Waals surface area (Å²) in [7, 11) is 0. The summed E-state index contributed by atoms with van der Waals surface area (Å²) in [6, 6.07) is 15.5. The van der Waals surface area contributed by atoms with E-state index in [2.05, 4.69) is 42.5 Å². The molecule has 0 amide bonds. The van der Waals surface area contributed by atoms with E-state index in [-0.39, 0.29) is 0 Å². The average Bonchev–Trinajstić information content (AvgIpc) is 2.82. The molecular weight excluding hydrogens is 180 g/mol. The first-order valence-corrected chi connectivity index (χ1v) is 5.77. The van der Waals surface area contributed by atoms with Gasteiger partial charge < -0.3 is 0 Å². The second-order valence-electron chi connectivity index (χ2n) is 4.37. The Kier molecular flexibility index (Phi) is 2.21. The van der Waals surface area contributed by atoms with Crippen LogP contribution in [0.2, 0.25) is 0 Å². The van der Waals surface area contributed by atoms with E-state index in [4.69, 9.17) is 0 Å². The van der Waals surface area contributed by atoms with Crippen molar-refractivity contribution in [1.29, 1.82) is 0 Å². The Labute approximate surface area is 90.9 Å². The number of rotatable bonds is 1. The molecule has 0 bridgehead atoms. The van der Waals surface area contributed by atoms with Crippen molar-refractivity contribution in [1.82, 2.24) is 0 Å². The summed E-state index contributed by atoms with van der Waals surface area (Å²) in [5.74, 6) is 1.65. The third-order valence-corrected chi connectivity index (χ3v) is 3.36. The molecule has 1 radical (unpaired) electrons. The lowest BCUT2D eigenvalue weighted by Gasteiger charge is -2.09. The predicted octanol–water partition coefficient (Wildman–Crippen LogP) is 4.34. The van der Waals surface area contributed by atoms with Gasteiger partial charge in [0.25, 0.3) is 0 Å². The summed E-state index contributed by atoms with van der Waals surface area (Å²) in [4.78, 5) is 0. The average molecular weight is 195 g/mol. The predicted molar refractivity (Wildman–Crippen MR) is 64.8 cm³/mol. The van der Waals surface area contributed by atoms with Crippen LogP contribution in [0, 0.1) is 5.92 Å². The molecule has 0 nitrogen and oxygen atoms in total. The van der Waals surface area contributed by atoms with Gasteiger partial charge in [0.05, 0.1) is 0 Å². The van der Waals surface area contributed by atoms with E-state index in [1.54, 1.807) is 5.92 Å². The van der Waals surface area contributed by atoms with Crippen LogP contribution in [0.5, 0.6) is 0 Å². The smallest absolute Gasteiger partial charge is 0.00500 e. The molecular formula is C15H15. The highest BCUT2D eigenvalue weighted by atomic mass is 14.2. The monoisotopic (exact) mass is 195 g/mol. The van der Waals surface area contributed by atoms with Gasteiger partial charge in [0.15, 0.2) is 0 Å². The minimum absolute atomic E-state index is 1.30. The van der Waals surface area contributed by atoms with E-state index in [0.29, 0.717) is 0 Å². The molecule has 0 unspecified atom stereocenters. The first-order chi connectivity index (χ1) is 7.43. The fraction of sp³-hybridized carbons (Fsp3) is 0.267. The SMILES string of the molecule is c1ccc2cc([C]3CCCC3)ccc2c1. The summed E-state index contributed by atoms with van der Waals surface area (Å²) in [6.07, 6.45) is 5.36. The number of hydrogen-bond donors (Lipinski definition) is 0. The molecule has 0 spiro atoms. The van der Waals surface area contributed by atoms with Gasteiger partial charge in [0, 0.05) is 5.92 Å². The molecule has 0 aromatic heterocycles. The molecule has 15 heavy (non-hydrogen) atoms. The Bertz CT molecular complexity index is 464. The molecule has 0 saturated heterocycles. The van der Waals surface area contributed by atoms with Gasteiger partial charge in [0.1, 0.15) is 0 Å². The second kappa shape index (κ2) is 3.69. The summed E-state index contributed by atoms with van der Waals surface area (Å²) in [5, 5.41) is 2.72. The Morgan fingerprint density at radius 2 is 1.47 bits per heavy atom. The van der Waals surface area contributed by atoms with Crippen LogP contribution in [0.3, 0.4) is 0 Å². The van der Waals surface area contributed by atoms with Gasteiger partial charge >= 0.3 is 0 Å². The van der Waals surface area contributed by atoms with Gasteiger partial charge in [-0.3, -0.25) is 0 Å². The van der Waals surface area contributed by atoms with E-state index in [1.807, 2.05) is 0 Å². The maximum atomic E-state index is 2.34. The lowest BCUT2D eigenvalue weighted by Crippen LogP contribution is -1.92. The molecule has 3 rings (SSSR count). The topological polar surface area (TPSA) is 0 Å². The van der Waals surface area contributed by atoms with E-state index >= 15 is 0 Å². The number of fused-ring (bicyclic) bond motifs is 1. The maximum Gasteiger partial charge on any atom is 0.00500 e. The molecule has 0 heteroatoms. The highest BCUT2D eigenvalue weighted by Crippen LogP contribution is 2.34. The van der Waals surface area contributed by atoms with Crippen LogP contribution in [-0.2, 0) is 0 Å². The summed E-state index contributed by atoms with van der Waals surface area (Å²) >= 11 is 0. The van der Waals surface area contributed by atoms with E-state index in [9.17, 15) is 0 Å². The van der Waals surface area contributed by atoms with Crippen LogP contribution in [0.15, 0.2) is 42.5 Å². The minimum atomic E-state index is 1.30. The van der Waals surface area contributed by atoms with Gasteiger partial charge in [-0.1, -0.05) is 55.3 Å². The second-order valence-corrected chi connectivity index (χ2v) is 4.37. The minimum Gasteiger partial charge on any atom is -0.0616 e. The summed E-state index contributed by atoms with van der Waals surface area (Å²) < 4.78 is 0. The maximum absolute atomic E-state index is 2.34. The van der Waals surface area contributed by atoms with Gasteiger partial charge in [-0.25, -0.2) is 0 Å². The molecule has 75 valence electrons. The quantitative estimate of drug-likeness (QED) is 0.635. The van der Waals surface area contributed by atoms with Gasteiger partial charge in [-0.05, 0) is 29.2 Å². The van der Waals surface area contributed by atoms with Crippen LogP contribution in [0.4, 0.5) is 0 Å². The largest absolute Gasteiger partial charge is 0.0616 e. The normalized spacial score (nSPS) is 17.3. The molecule has 1 fully saturated rings. The summed E-state index contributed by atoms with van der Waals surface area (Å²) in [5.41, 5.74) is 1.46. The highest BCUT2D eigenvalue weighted by Gasteiger charge is 2.17. The standard InChI is InChI=1S/C15H15/c1-2-6-12(5-1)15-10-9-13-7-3-4-8-14(13)11-15/h3-4,7-11H,1-2,5-6H2. The van der Waals surface area contributed by atoms with Crippen molar-refractivity contribution in [2.75, 3.05) is 0 Å². The fourth-order valence-corrected chi connectivity index (χ4v) is 2.50. The zero-order chi connectivity index (χ0) is 10.1. The first-order valence-electron chi connectivity index (χ1n) is 5.77. The van der Waals surface area contributed by atoms with Gasteiger partial charge in [-0.2, -0.15) is 0 Å². The molecule has 1 aliphatic rings. The van der Waals surface area contributed by atoms with Crippen molar-refractivity contribution in [3.8, 4) is 0 Å². The van der Waals surface area contributed by atoms with Crippen LogP contribution >= 0.6 is 0 Å². The molecule has 1 aliphatic carbocycles. The Morgan fingerprint density at radius 1 is 0.733 bits per heavy atom.